The highest BCUT2D eigenvalue weighted by atomic mass is 32.2. The molecule has 2 aromatic heterocycles. The first kappa shape index (κ1) is 16.5. The van der Waals surface area contributed by atoms with E-state index in [9.17, 15) is 0 Å². The molecular formula is C16H17N3OS3. The fourth-order valence-electron chi connectivity index (χ4n) is 2.00. The summed E-state index contributed by atoms with van der Waals surface area (Å²) in [7, 11) is 0. The van der Waals surface area contributed by atoms with Crippen molar-refractivity contribution in [2.24, 2.45) is 0 Å². The number of benzene rings is 1. The van der Waals surface area contributed by atoms with Gasteiger partial charge in [0.2, 0.25) is 5.89 Å². The Bertz CT molecular complexity index is 752. The van der Waals surface area contributed by atoms with Gasteiger partial charge in [0.15, 0.2) is 0 Å². The summed E-state index contributed by atoms with van der Waals surface area (Å²) in [6, 6.07) is 8.61. The third-order valence-corrected chi connectivity index (χ3v) is 5.55. The quantitative estimate of drug-likeness (QED) is 0.556. The molecule has 0 radical (unpaired) electrons. The number of nitrogens with zero attached hydrogens (tertiary/aromatic N) is 3. The minimum absolute atomic E-state index is 0.607. The molecule has 0 aliphatic carbocycles. The topological polar surface area (TPSA) is 51.8 Å². The van der Waals surface area contributed by atoms with Gasteiger partial charge in [0, 0.05) is 16.7 Å². The lowest BCUT2D eigenvalue weighted by Crippen LogP contribution is -1.83. The first-order valence-corrected chi connectivity index (χ1v) is 10.5. The van der Waals surface area contributed by atoms with Crippen LogP contribution in [0.1, 0.15) is 24.1 Å². The Morgan fingerprint density at radius 2 is 1.96 bits per heavy atom. The molecule has 2 heterocycles. The van der Waals surface area contributed by atoms with Gasteiger partial charge < -0.3 is 4.42 Å². The number of hydrogen-bond acceptors (Lipinski definition) is 7. The van der Waals surface area contributed by atoms with Gasteiger partial charge in [-0.05, 0) is 18.2 Å². The van der Waals surface area contributed by atoms with E-state index in [0.717, 1.165) is 28.6 Å². The number of aromatic nitrogens is 3. The molecule has 0 aliphatic heterocycles. The average molecular weight is 364 g/mol. The van der Waals surface area contributed by atoms with Gasteiger partial charge in [-0.25, -0.2) is 4.98 Å². The molecule has 0 spiro atoms. The van der Waals surface area contributed by atoms with Crippen LogP contribution in [0, 0.1) is 0 Å². The Labute approximate surface area is 148 Å². The number of rotatable bonds is 7. The molecule has 23 heavy (non-hydrogen) atoms. The van der Waals surface area contributed by atoms with Crippen molar-refractivity contribution < 1.29 is 4.42 Å². The Hall–Kier alpha value is -1.31. The third kappa shape index (κ3) is 4.37. The van der Waals surface area contributed by atoms with Crippen LogP contribution in [0.4, 0.5) is 0 Å². The van der Waals surface area contributed by atoms with Crippen LogP contribution in [-0.2, 0) is 17.9 Å². The molecule has 0 unspecified atom stereocenters. The summed E-state index contributed by atoms with van der Waals surface area (Å²) in [5.74, 6) is 2.17. The van der Waals surface area contributed by atoms with Crippen molar-refractivity contribution in [2.45, 2.75) is 30.1 Å². The Morgan fingerprint density at radius 3 is 2.70 bits per heavy atom. The summed E-state index contributed by atoms with van der Waals surface area (Å²) < 4.78 is 5.56. The maximum absolute atomic E-state index is 5.56. The summed E-state index contributed by atoms with van der Waals surface area (Å²) in [5.41, 5.74) is 3.56. The first-order valence-electron chi connectivity index (χ1n) is 7.26. The van der Waals surface area contributed by atoms with E-state index in [1.54, 1.807) is 23.1 Å². The van der Waals surface area contributed by atoms with Crippen molar-refractivity contribution in [3.05, 3.63) is 46.8 Å². The van der Waals surface area contributed by atoms with Crippen molar-refractivity contribution in [1.29, 1.82) is 0 Å². The van der Waals surface area contributed by atoms with Gasteiger partial charge in [0.25, 0.3) is 5.22 Å². The normalized spacial score (nSPS) is 11.0. The third-order valence-electron chi connectivity index (χ3n) is 3.22. The highest BCUT2D eigenvalue weighted by Crippen LogP contribution is 2.28. The smallest absolute Gasteiger partial charge is 0.276 e. The van der Waals surface area contributed by atoms with E-state index in [0.29, 0.717) is 11.1 Å². The van der Waals surface area contributed by atoms with Gasteiger partial charge in [-0.1, -0.05) is 43.0 Å². The van der Waals surface area contributed by atoms with Crippen LogP contribution in [0.25, 0.3) is 10.6 Å². The molecule has 1 aromatic carbocycles. The van der Waals surface area contributed by atoms with Crippen LogP contribution in [0.15, 0.2) is 39.3 Å². The Kier molecular flexibility index (Phi) is 5.75. The van der Waals surface area contributed by atoms with Crippen LogP contribution in [0.3, 0.4) is 0 Å². The highest BCUT2D eigenvalue weighted by Gasteiger charge is 2.09. The van der Waals surface area contributed by atoms with E-state index in [1.807, 2.05) is 6.26 Å². The second kappa shape index (κ2) is 7.99. The number of hydrogen-bond donors (Lipinski definition) is 0. The van der Waals surface area contributed by atoms with Crippen LogP contribution in [-0.4, -0.2) is 21.4 Å². The first-order chi connectivity index (χ1) is 11.3. The lowest BCUT2D eigenvalue weighted by atomic mass is 10.1. The fraction of sp³-hybridized carbons (Fsp3) is 0.312. The minimum Gasteiger partial charge on any atom is -0.415 e. The molecule has 0 bridgehead atoms. The largest absolute Gasteiger partial charge is 0.415 e. The molecule has 0 N–H and O–H groups in total. The summed E-state index contributed by atoms with van der Waals surface area (Å²) in [5, 5.41) is 11.8. The van der Waals surface area contributed by atoms with Gasteiger partial charge >= 0.3 is 0 Å². The molecule has 3 rings (SSSR count). The second-order valence-electron chi connectivity index (χ2n) is 4.88. The summed E-state index contributed by atoms with van der Waals surface area (Å²) in [6.45, 7) is 2.16. The van der Waals surface area contributed by atoms with E-state index >= 15 is 0 Å². The van der Waals surface area contributed by atoms with E-state index < -0.39 is 0 Å². The van der Waals surface area contributed by atoms with Crippen molar-refractivity contribution >= 4 is 34.9 Å². The SMILES string of the molecule is CCc1ccc(-c2nc(CSc3nnc(CSC)o3)cs2)cc1. The van der Waals surface area contributed by atoms with Crippen molar-refractivity contribution in [2.75, 3.05) is 6.26 Å². The number of thiazole rings is 1. The highest BCUT2D eigenvalue weighted by molar-refractivity contribution is 7.98. The van der Waals surface area contributed by atoms with Crippen molar-refractivity contribution in [3.8, 4) is 10.6 Å². The zero-order chi connectivity index (χ0) is 16.1. The molecule has 4 nitrogen and oxygen atoms in total. The molecular weight excluding hydrogens is 346 g/mol. The monoisotopic (exact) mass is 363 g/mol. The Morgan fingerprint density at radius 1 is 1.13 bits per heavy atom. The predicted octanol–water partition coefficient (Wildman–Crippen LogP) is 4.91. The van der Waals surface area contributed by atoms with Crippen molar-refractivity contribution in [1.82, 2.24) is 15.2 Å². The minimum atomic E-state index is 0.607. The van der Waals surface area contributed by atoms with Crippen LogP contribution >= 0.6 is 34.9 Å². The number of thioether (sulfide) groups is 2. The molecule has 3 aromatic rings. The molecule has 0 atom stereocenters. The van der Waals surface area contributed by atoms with Crippen LogP contribution in [0.2, 0.25) is 0 Å². The zero-order valence-electron chi connectivity index (χ0n) is 13.0. The molecule has 0 fully saturated rings. The fourth-order valence-corrected chi connectivity index (χ4v) is 3.97. The standard InChI is InChI=1S/C16H17N3OS3/c1-3-11-4-6-12(7-5-11)15-17-13(8-22-15)9-23-16-19-18-14(20-16)10-21-2/h4-8H,3,9-10H2,1-2H3. The molecule has 0 saturated carbocycles. The van der Waals surface area contributed by atoms with Crippen LogP contribution < -0.4 is 0 Å². The average Bonchev–Trinajstić information content (AvgIpc) is 3.23. The summed E-state index contributed by atoms with van der Waals surface area (Å²) in [6.07, 6.45) is 3.07. The lowest BCUT2D eigenvalue weighted by molar-refractivity contribution is 0.426. The maximum atomic E-state index is 5.56. The molecule has 0 aliphatic rings. The van der Waals surface area contributed by atoms with E-state index in [1.165, 1.54) is 22.9 Å². The van der Waals surface area contributed by atoms with Gasteiger partial charge in [0.05, 0.1) is 11.4 Å². The Balaban J connectivity index is 1.62. The van der Waals surface area contributed by atoms with E-state index in [2.05, 4.69) is 46.8 Å². The predicted molar refractivity (Wildman–Crippen MR) is 98.0 cm³/mol. The molecule has 7 heteroatoms. The number of aryl methyl sites for hydroxylation is 1. The van der Waals surface area contributed by atoms with Crippen molar-refractivity contribution in [3.63, 3.8) is 0 Å². The van der Waals surface area contributed by atoms with Gasteiger partial charge in [-0.3, -0.25) is 0 Å². The molecule has 0 saturated heterocycles. The molecule has 120 valence electrons. The van der Waals surface area contributed by atoms with Gasteiger partial charge in [-0.15, -0.1) is 21.5 Å². The second-order valence-corrected chi connectivity index (χ2v) is 7.53. The van der Waals surface area contributed by atoms with Crippen LogP contribution in [0.5, 0.6) is 0 Å². The van der Waals surface area contributed by atoms with E-state index in [-0.39, 0.29) is 0 Å². The summed E-state index contributed by atoms with van der Waals surface area (Å²) >= 11 is 4.87. The van der Waals surface area contributed by atoms with Gasteiger partial charge in [-0.2, -0.15) is 11.8 Å². The zero-order valence-corrected chi connectivity index (χ0v) is 15.4. The van der Waals surface area contributed by atoms with E-state index in [4.69, 9.17) is 9.40 Å². The lowest BCUT2D eigenvalue weighted by Gasteiger charge is -1.98. The summed E-state index contributed by atoms with van der Waals surface area (Å²) in [4.78, 5) is 4.70. The van der Waals surface area contributed by atoms with Gasteiger partial charge in [0.1, 0.15) is 5.01 Å². The maximum Gasteiger partial charge on any atom is 0.276 e. The molecule has 0 amide bonds.